The van der Waals surface area contributed by atoms with Crippen LogP contribution in [0.5, 0.6) is 11.5 Å². The number of rotatable bonds is 38. The zero-order valence-corrected chi connectivity index (χ0v) is 38.4. The fraction of sp³-hybridized carbons (Fsp3) is 0.736. The molecular formula is C53H88O6. The van der Waals surface area contributed by atoms with Gasteiger partial charge in [0.2, 0.25) is 0 Å². The molecule has 0 spiro atoms. The molecule has 0 bridgehead atoms. The first-order chi connectivity index (χ1) is 28.6. The Hall–Kier alpha value is -3.02. The van der Waals surface area contributed by atoms with Crippen molar-refractivity contribution in [3.05, 3.63) is 59.7 Å². The Kier molecular flexibility index (Phi) is 29.7. The quantitative estimate of drug-likeness (QED) is 0.0518. The number of benzene rings is 2. The second kappa shape index (κ2) is 33.7. The molecule has 0 radical (unpaired) electrons. The summed E-state index contributed by atoms with van der Waals surface area (Å²) in [6, 6.07) is 15.7. The van der Waals surface area contributed by atoms with E-state index in [2.05, 4.69) is 38.1 Å². The van der Waals surface area contributed by atoms with Crippen LogP contribution in [0.4, 0.5) is 0 Å². The molecule has 2 N–H and O–H groups in total. The van der Waals surface area contributed by atoms with Crippen LogP contribution in [-0.2, 0) is 19.1 Å². The maximum Gasteiger partial charge on any atom is 0.305 e. The molecule has 0 aliphatic rings. The average Bonchev–Trinajstić information content (AvgIpc) is 3.22. The number of hydrogen-bond donors (Lipinski definition) is 2. The van der Waals surface area contributed by atoms with Crippen molar-refractivity contribution in [3.8, 4) is 11.5 Å². The highest BCUT2D eigenvalue weighted by Crippen LogP contribution is 2.31. The van der Waals surface area contributed by atoms with Crippen LogP contribution >= 0.6 is 0 Å². The number of ether oxygens (including phenoxy) is 2. The zero-order valence-electron chi connectivity index (χ0n) is 38.4. The number of phenols is 2. The molecule has 0 aliphatic heterocycles. The van der Waals surface area contributed by atoms with Gasteiger partial charge in [-0.1, -0.05) is 193 Å². The molecule has 0 fully saturated rings. The molecule has 336 valence electrons. The molecule has 0 saturated carbocycles. The molecule has 2 atom stereocenters. The lowest BCUT2D eigenvalue weighted by Crippen LogP contribution is -2.28. The normalized spacial score (nSPS) is 12.7. The van der Waals surface area contributed by atoms with Crippen molar-refractivity contribution in [3.63, 3.8) is 0 Å². The summed E-state index contributed by atoms with van der Waals surface area (Å²) < 4.78 is 11.1. The molecule has 59 heavy (non-hydrogen) atoms. The summed E-state index contributed by atoms with van der Waals surface area (Å²) in [6.45, 7) is 9.02. The Balaban J connectivity index is 1.39. The third-order valence-corrected chi connectivity index (χ3v) is 12.2. The zero-order chi connectivity index (χ0) is 42.8. The second-order valence-corrected chi connectivity index (χ2v) is 18.5. The van der Waals surface area contributed by atoms with Gasteiger partial charge >= 0.3 is 11.9 Å². The Morgan fingerprint density at radius 3 is 1.02 bits per heavy atom. The first-order valence-electron chi connectivity index (χ1n) is 24.5. The minimum atomic E-state index is -0.395. The van der Waals surface area contributed by atoms with Gasteiger partial charge in [-0.3, -0.25) is 9.59 Å². The van der Waals surface area contributed by atoms with Gasteiger partial charge in [-0.25, -0.2) is 0 Å². The van der Waals surface area contributed by atoms with E-state index in [0.717, 1.165) is 25.7 Å². The van der Waals surface area contributed by atoms with Crippen LogP contribution in [0.2, 0.25) is 0 Å². The number of carbonyl (C=O) groups excluding carboxylic acids is 2. The molecule has 0 heterocycles. The Labute approximate surface area is 362 Å². The van der Waals surface area contributed by atoms with Gasteiger partial charge in [0.25, 0.3) is 0 Å². The highest BCUT2D eigenvalue weighted by molar-refractivity contribution is 5.69. The van der Waals surface area contributed by atoms with E-state index in [1.165, 1.54) is 165 Å². The maximum absolute atomic E-state index is 12.4. The van der Waals surface area contributed by atoms with Crippen molar-refractivity contribution in [2.24, 2.45) is 5.41 Å². The lowest BCUT2D eigenvalue weighted by atomic mass is 9.88. The molecule has 2 unspecified atom stereocenters. The Morgan fingerprint density at radius 1 is 0.441 bits per heavy atom. The summed E-state index contributed by atoms with van der Waals surface area (Å²) in [5.41, 5.74) is 2.35. The van der Waals surface area contributed by atoms with Gasteiger partial charge in [-0.2, -0.15) is 0 Å². The fourth-order valence-electron chi connectivity index (χ4n) is 8.26. The Bertz CT molecular complexity index is 1200. The highest BCUT2D eigenvalue weighted by atomic mass is 16.5. The molecule has 0 amide bonds. The van der Waals surface area contributed by atoms with Crippen molar-refractivity contribution in [1.29, 1.82) is 0 Å². The van der Waals surface area contributed by atoms with Crippen LogP contribution in [0, 0.1) is 5.41 Å². The van der Waals surface area contributed by atoms with E-state index in [1.54, 1.807) is 0 Å². The number of phenolic OH excluding ortho intramolecular Hbond substituents is 2. The van der Waals surface area contributed by atoms with Gasteiger partial charge < -0.3 is 19.7 Å². The molecule has 2 rings (SSSR count). The summed E-state index contributed by atoms with van der Waals surface area (Å²) in [5, 5.41) is 19.3. The summed E-state index contributed by atoms with van der Waals surface area (Å²) in [7, 11) is 0. The minimum Gasteiger partial charge on any atom is -0.508 e. The SMILES string of the molecule is CCCCCC(CCCCCCCCCCCC(=O)OCC(C)(C)COC(=O)CCCCCCCCCCCC(CCCCC)c1ccc(O)cc1)c1ccc(O)cc1. The third-order valence-electron chi connectivity index (χ3n) is 12.2. The van der Waals surface area contributed by atoms with Crippen molar-refractivity contribution >= 4 is 11.9 Å². The summed E-state index contributed by atoms with van der Waals surface area (Å²) in [4.78, 5) is 24.8. The monoisotopic (exact) mass is 821 g/mol. The van der Waals surface area contributed by atoms with Crippen molar-refractivity contribution in [2.45, 2.75) is 232 Å². The van der Waals surface area contributed by atoms with E-state index in [4.69, 9.17) is 9.47 Å². The van der Waals surface area contributed by atoms with Crippen LogP contribution in [0.15, 0.2) is 48.5 Å². The number of unbranched alkanes of at least 4 members (excludes halogenated alkanes) is 20. The standard InChI is InChI=1S/C53H88O6/c1-5-7-23-29-45(47-35-39-49(54)40-36-47)31-25-19-15-11-9-13-17-21-27-33-51(56)58-43-53(3,4)44-59-52(57)34-28-22-18-14-10-12-16-20-26-32-46(30-24-8-6-2)48-37-41-50(55)42-38-48/h35-42,45-46,54-55H,5-34,43-44H2,1-4H3. The summed E-state index contributed by atoms with van der Waals surface area (Å²) >= 11 is 0. The van der Waals surface area contributed by atoms with E-state index in [-0.39, 0.29) is 25.2 Å². The summed E-state index contributed by atoms with van der Waals surface area (Å²) in [5.74, 6) is 1.61. The first-order valence-corrected chi connectivity index (χ1v) is 24.5. The van der Waals surface area contributed by atoms with Crippen LogP contribution < -0.4 is 0 Å². The van der Waals surface area contributed by atoms with E-state index in [9.17, 15) is 19.8 Å². The molecule has 2 aromatic carbocycles. The van der Waals surface area contributed by atoms with Gasteiger partial charge in [-0.05, 0) is 85.8 Å². The van der Waals surface area contributed by atoms with Crippen LogP contribution in [0.3, 0.4) is 0 Å². The largest absolute Gasteiger partial charge is 0.508 e. The number of hydrogen-bond acceptors (Lipinski definition) is 6. The molecule has 6 nitrogen and oxygen atoms in total. The fourth-order valence-corrected chi connectivity index (χ4v) is 8.26. The van der Waals surface area contributed by atoms with Crippen molar-refractivity contribution < 1.29 is 29.3 Å². The predicted octanol–water partition coefficient (Wildman–Crippen LogP) is 15.8. The van der Waals surface area contributed by atoms with E-state index in [0.29, 0.717) is 36.2 Å². The van der Waals surface area contributed by atoms with E-state index < -0.39 is 5.41 Å². The van der Waals surface area contributed by atoms with E-state index >= 15 is 0 Å². The van der Waals surface area contributed by atoms with Gasteiger partial charge in [0.15, 0.2) is 0 Å². The molecule has 0 saturated heterocycles. The molecule has 0 aliphatic carbocycles. The molecule has 0 aromatic heterocycles. The lowest BCUT2D eigenvalue weighted by Gasteiger charge is -2.23. The van der Waals surface area contributed by atoms with Crippen molar-refractivity contribution in [1.82, 2.24) is 0 Å². The van der Waals surface area contributed by atoms with Gasteiger partial charge in [-0.15, -0.1) is 0 Å². The number of aromatic hydroxyl groups is 2. The minimum absolute atomic E-state index is 0.151. The maximum atomic E-state index is 12.4. The van der Waals surface area contributed by atoms with Crippen LogP contribution in [-0.4, -0.2) is 35.4 Å². The lowest BCUT2D eigenvalue weighted by molar-refractivity contribution is -0.152. The second-order valence-electron chi connectivity index (χ2n) is 18.5. The summed E-state index contributed by atoms with van der Waals surface area (Å²) in [6.07, 6.45) is 35.0. The molecular weight excluding hydrogens is 733 g/mol. The predicted molar refractivity (Wildman–Crippen MR) is 247 cm³/mol. The van der Waals surface area contributed by atoms with E-state index in [1.807, 2.05) is 38.1 Å². The molecule has 2 aromatic rings. The number of esters is 2. The Morgan fingerprint density at radius 2 is 0.712 bits per heavy atom. The number of carbonyl (C=O) groups is 2. The third kappa shape index (κ3) is 27.4. The van der Waals surface area contributed by atoms with Gasteiger partial charge in [0.1, 0.15) is 11.5 Å². The highest BCUT2D eigenvalue weighted by Gasteiger charge is 2.23. The van der Waals surface area contributed by atoms with Crippen molar-refractivity contribution in [2.75, 3.05) is 13.2 Å². The topological polar surface area (TPSA) is 93.1 Å². The smallest absolute Gasteiger partial charge is 0.305 e. The van der Waals surface area contributed by atoms with Crippen LogP contribution in [0.1, 0.15) is 243 Å². The average molecular weight is 821 g/mol. The van der Waals surface area contributed by atoms with Gasteiger partial charge in [0, 0.05) is 18.3 Å². The molecule has 6 heteroatoms. The van der Waals surface area contributed by atoms with Gasteiger partial charge in [0.05, 0.1) is 13.2 Å². The first kappa shape index (κ1) is 52.1. The van der Waals surface area contributed by atoms with Crippen LogP contribution in [0.25, 0.3) is 0 Å².